The number of ether oxygens (including phenoxy) is 1. The van der Waals surface area contributed by atoms with Crippen molar-refractivity contribution >= 4 is 21.9 Å². The number of sulfonamides is 1. The van der Waals surface area contributed by atoms with Gasteiger partial charge in [-0.1, -0.05) is 30.2 Å². The smallest absolute Gasteiger partial charge is 0.307 e. The molecule has 1 amide bonds. The van der Waals surface area contributed by atoms with Gasteiger partial charge in [-0.05, 0) is 51.7 Å². The standard InChI is InChI=1S/C21H27NO5S/c1-4-27-20(23)13-19-15(3)17-7-5-6-8-18(17)21(24)22(19)28(25,26)16-11-9-14(2)10-12-16/h9-12,15,19H,4-8,13H2,1-3H3/t15-,19+/m0/s1. The second-order valence-corrected chi connectivity index (χ2v) is 9.31. The molecule has 7 heteroatoms. The Bertz CT molecular complexity index is 901. The van der Waals surface area contributed by atoms with Gasteiger partial charge in [0.2, 0.25) is 0 Å². The zero-order chi connectivity index (χ0) is 20.5. The van der Waals surface area contributed by atoms with E-state index in [0.717, 1.165) is 34.7 Å². The van der Waals surface area contributed by atoms with Gasteiger partial charge in [0.05, 0.1) is 24.0 Å². The van der Waals surface area contributed by atoms with Crippen LogP contribution in [-0.2, 0) is 24.3 Å². The van der Waals surface area contributed by atoms with Gasteiger partial charge in [-0.3, -0.25) is 9.59 Å². The van der Waals surface area contributed by atoms with E-state index in [1.54, 1.807) is 19.1 Å². The molecule has 0 saturated carbocycles. The molecule has 0 saturated heterocycles. The molecule has 1 aromatic rings. The summed E-state index contributed by atoms with van der Waals surface area (Å²) in [6.45, 7) is 5.70. The molecule has 0 aromatic heterocycles. The summed E-state index contributed by atoms with van der Waals surface area (Å²) in [5.41, 5.74) is 2.54. The first kappa shape index (κ1) is 20.6. The third-order valence-corrected chi connectivity index (χ3v) is 7.48. The molecule has 1 heterocycles. The largest absolute Gasteiger partial charge is 0.466 e. The molecular formula is C21H27NO5S. The van der Waals surface area contributed by atoms with E-state index in [1.165, 1.54) is 12.1 Å². The summed E-state index contributed by atoms with van der Waals surface area (Å²) >= 11 is 0. The summed E-state index contributed by atoms with van der Waals surface area (Å²) < 4.78 is 32.8. The van der Waals surface area contributed by atoms with E-state index >= 15 is 0 Å². The molecule has 1 aliphatic carbocycles. The summed E-state index contributed by atoms with van der Waals surface area (Å²) in [4.78, 5) is 25.5. The minimum Gasteiger partial charge on any atom is -0.466 e. The topological polar surface area (TPSA) is 80.8 Å². The lowest BCUT2D eigenvalue weighted by Gasteiger charge is -2.42. The highest BCUT2D eigenvalue weighted by Gasteiger charge is 2.46. The van der Waals surface area contributed by atoms with Crippen molar-refractivity contribution in [1.82, 2.24) is 4.31 Å². The highest BCUT2D eigenvalue weighted by Crippen LogP contribution is 2.41. The Balaban J connectivity index is 2.08. The Morgan fingerprint density at radius 1 is 1.18 bits per heavy atom. The van der Waals surface area contributed by atoms with Gasteiger partial charge in [0.25, 0.3) is 15.9 Å². The zero-order valence-corrected chi connectivity index (χ0v) is 17.4. The van der Waals surface area contributed by atoms with E-state index in [0.29, 0.717) is 12.0 Å². The number of amides is 1. The monoisotopic (exact) mass is 405 g/mol. The Hall–Kier alpha value is -2.15. The van der Waals surface area contributed by atoms with Crippen LogP contribution in [0, 0.1) is 12.8 Å². The van der Waals surface area contributed by atoms with Crippen molar-refractivity contribution in [3.05, 3.63) is 41.0 Å². The van der Waals surface area contributed by atoms with Gasteiger partial charge in [0, 0.05) is 11.5 Å². The SMILES string of the molecule is CCOC(=O)C[C@@H]1[C@@H](C)C2=C(CCCC2)C(=O)N1S(=O)(=O)c1ccc(C)cc1. The minimum atomic E-state index is -4.08. The molecular weight excluding hydrogens is 378 g/mol. The van der Waals surface area contributed by atoms with Gasteiger partial charge in [0.1, 0.15) is 0 Å². The third-order valence-electron chi connectivity index (χ3n) is 5.66. The Labute approximate surface area is 166 Å². The maximum Gasteiger partial charge on any atom is 0.307 e. The molecule has 6 nitrogen and oxygen atoms in total. The third kappa shape index (κ3) is 3.72. The summed E-state index contributed by atoms with van der Waals surface area (Å²) in [6, 6.07) is 5.66. The Morgan fingerprint density at radius 2 is 1.82 bits per heavy atom. The average Bonchev–Trinajstić information content (AvgIpc) is 2.66. The molecule has 0 N–H and O–H groups in total. The lowest BCUT2D eigenvalue weighted by Crippen LogP contribution is -2.53. The van der Waals surface area contributed by atoms with Gasteiger partial charge in [0.15, 0.2) is 0 Å². The molecule has 0 bridgehead atoms. The predicted octanol–water partition coefficient (Wildman–Crippen LogP) is 3.35. The highest BCUT2D eigenvalue weighted by molar-refractivity contribution is 7.89. The maximum atomic E-state index is 13.4. The molecule has 1 aromatic carbocycles. The lowest BCUT2D eigenvalue weighted by molar-refractivity contribution is -0.145. The number of esters is 1. The zero-order valence-electron chi connectivity index (χ0n) is 16.6. The van der Waals surface area contributed by atoms with Gasteiger partial charge in [-0.2, -0.15) is 0 Å². The Morgan fingerprint density at radius 3 is 2.46 bits per heavy atom. The van der Waals surface area contributed by atoms with Crippen molar-refractivity contribution in [2.75, 3.05) is 6.61 Å². The summed E-state index contributed by atoms with van der Waals surface area (Å²) in [7, 11) is -4.08. The first-order chi connectivity index (χ1) is 13.3. The molecule has 2 aliphatic rings. The van der Waals surface area contributed by atoms with E-state index in [4.69, 9.17) is 4.74 Å². The quantitative estimate of drug-likeness (QED) is 0.702. The second-order valence-electron chi connectivity index (χ2n) is 7.50. The van der Waals surface area contributed by atoms with Crippen molar-refractivity contribution in [3.8, 4) is 0 Å². The molecule has 3 rings (SSSR count). The molecule has 2 atom stereocenters. The van der Waals surface area contributed by atoms with Crippen LogP contribution in [-0.4, -0.2) is 37.2 Å². The van der Waals surface area contributed by atoms with E-state index < -0.39 is 27.9 Å². The number of benzene rings is 1. The van der Waals surface area contributed by atoms with Gasteiger partial charge in [-0.15, -0.1) is 0 Å². The number of aryl methyl sites for hydroxylation is 1. The van der Waals surface area contributed by atoms with Crippen LogP contribution in [0.1, 0.15) is 51.5 Å². The number of hydrogen-bond acceptors (Lipinski definition) is 5. The number of rotatable bonds is 5. The van der Waals surface area contributed by atoms with Crippen LogP contribution in [0.2, 0.25) is 0 Å². The fraction of sp³-hybridized carbons (Fsp3) is 0.524. The molecule has 0 spiro atoms. The Kier molecular flexibility index (Phi) is 5.93. The molecule has 1 aliphatic heterocycles. The van der Waals surface area contributed by atoms with E-state index in [9.17, 15) is 18.0 Å². The predicted molar refractivity (Wildman–Crippen MR) is 105 cm³/mol. The molecule has 152 valence electrons. The first-order valence-electron chi connectivity index (χ1n) is 9.80. The summed E-state index contributed by atoms with van der Waals surface area (Å²) in [6.07, 6.45) is 3.08. The number of carbonyl (C=O) groups is 2. The van der Waals surface area contributed by atoms with Gasteiger partial charge < -0.3 is 4.74 Å². The van der Waals surface area contributed by atoms with Crippen molar-refractivity contribution in [3.63, 3.8) is 0 Å². The summed E-state index contributed by atoms with van der Waals surface area (Å²) in [5, 5.41) is 0. The highest BCUT2D eigenvalue weighted by atomic mass is 32.2. The van der Waals surface area contributed by atoms with Crippen molar-refractivity contribution in [2.24, 2.45) is 5.92 Å². The molecule has 0 radical (unpaired) electrons. The van der Waals surface area contributed by atoms with Crippen molar-refractivity contribution in [1.29, 1.82) is 0 Å². The first-order valence-corrected chi connectivity index (χ1v) is 11.2. The number of carbonyl (C=O) groups excluding carboxylic acids is 2. The number of nitrogens with zero attached hydrogens (tertiary/aromatic N) is 1. The van der Waals surface area contributed by atoms with Crippen LogP contribution in [0.3, 0.4) is 0 Å². The second kappa shape index (κ2) is 8.07. The van der Waals surface area contributed by atoms with Crippen LogP contribution < -0.4 is 0 Å². The normalized spacial score (nSPS) is 22.8. The minimum absolute atomic E-state index is 0.0624. The number of hydrogen-bond donors (Lipinski definition) is 0. The van der Waals surface area contributed by atoms with Crippen molar-refractivity contribution in [2.45, 2.75) is 63.8 Å². The lowest BCUT2D eigenvalue weighted by atomic mass is 9.77. The fourth-order valence-corrected chi connectivity index (χ4v) is 5.81. The summed E-state index contributed by atoms with van der Waals surface area (Å²) in [5.74, 6) is -1.18. The van der Waals surface area contributed by atoms with Gasteiger partial charge in [-0.25, -0.2) is 12.7 Å². The van der Waals surface area contributed by atoms with E-state index in [2.05, 4.69) is 0 Å². The van der Waals surface area contributed by atoms with Crippen LogP contribution in [0.4, 0.5) is 0 Å². The molecule has 28 heavy (non-hydrogen) atoms. The molecule has 0 unspecified atom stereocenters. The van der Waals surface area contributed by atoms with Crippen LogP contribution in [0.15, 0.2) is 40.3 Å². The average molecular weight is 406 g/mol. The van der Waals surface area contributed by atoms with E-state index in [-0.39, 0.29) is 23.8 Å². The van der Waals surface area contributed by atoms with Crippen LogP contribution in [0.25, 0.3) is 0 Å². The molecule has 0 fully saturated rings. The van der Waals surface area contributed by atoms with Crippen LogP contribution >= 0.6 is 0 Å². The fourth-order valence-electron chi connectivity index (χ4n) is 4.16. The van der Waals surface area contributed by atoms with Gasteiger partial charge >= 0.3 is 5.97 Å². The van der Waals surface area contributed by atoms with E-state index in [1.807, 2.05) is 13.8 Å². The maximum absolute atomic E-state index is 13.4. The van der Waals surface area contributed by atoms with Crippen molar-refractivity contribution < 1.29 is 22.7 Å². The van der Waals surface area contributed by atoms with Crippen LogP contribution in [0.5, 0.6) is 0 Å².